The molecular weight excluding hydrogens is 888 g/mol. The van der Waals surface area contributed by atoms with Crippen LogP contribution in [-0.4, -0.2) is 110 Å². The quantitative estimate of drug-likeness (QED) is 0.108. The summed E-state index contributed by atoms with van der Waals surface area (Å²) in [5.74, 6) is 0.0479. The second-order valence-corrected chi connectivity index (χ2v) is 19.0. The van der Waals surface area contributed by atoms with Gasteiger partial charge in [-0.3, -0.25) is 33.2 Å². The van der Waals surface area contributed by atoms with E-state index in [-0.39, 0.29) is 27.7 Å². The van der Waals surface area contributed by atoms with Crippen molar-refractivity contribution >= 4 is 51.3 Å². The second-order valence-electron chi connectivity index (χ2n) is 18.3. The van der Waals surface area contributed by atoms with Crippen LogP contribution < -0.4 is 11.1 Å². The van der Waals surface area contributed by atoms with Crippen molar-refractivity contribution in [3.8, 4) is 22.8 Å². The Morgan fingerprint density at radius 3 is 1.51 bits per heavy atom. The Bertz CT molecular complexity index is 3360. The Kier molecular flexibility index (Phi) is 12.9. The van der Waals surface area contributed by atoms with E-state index >= 15 is 0 Å². The Balaban J connectivity index is 0.000000169. The second kappa shape index (κ2) is 18.7. The number of aromatic nitrogens is 10. The summed E-state index contributed by atoms with van der Waals surface area (Å²) < 4.78 is 6.66. The molecule has 0 bridgehead atoms. The first-order valence-electron chi connectivity index (χ1n) is 23.1. The average molecular weight is 944 g/mol. The van der Waals surface area contributed by atoms with Crippen LogP contribution in [0.25, 0.3) is 45.1 Å². The van der Waals surface area contributed by atoms with Crippen LogP contribution in [0, 0.1) is 27.7 Å². The highest BCUT2D eigenvalue weighted by Crippen LogP contribution is 2.32. The van der Waals surface area contributed by atoms with E-state index in [1.165, 1.54) is 9.96 Å². The Morgan fingerprint density at radius 1 is 0.627 bits per heavy atom. The van der Waals surface area contributed by atoms with Gasteiger partial charge in [0, 0.05) is 12.4 Å². The van der Waals surface area contributed by atoms with Gasteiger partial charge < -0.3 is 9.80 Å². The lowest BCUT2D eigenvalue weighted by Crippen LogP contribution is -2.30. The molecule has 2 aliphatic rings. The number of ketones is 1. The van der Waals surface area contributed by atoms with Crippen LogP contribution in [0.15, 0.2) is 58.6 Å². The zero-order chi connectivity index (χ0) is 47.4. The number of nitrogens with zero attached hydrogens (tertiary/aromatic N) is 12. The zero-order valence-electron chi connectivity index (χ0n) is 39.4. The molecule has 10 heterocycles. The van der Waals surface area contributed by atoms with Crippen LogP contribution in [0.5, 0.6) is 0 Å². The minimum Gasteiger partial charge on any atom is -0.306 e. The summed E-state index contributed by atoms with van der Waals surface area (Å²) in [5, 5.41) is 9.43. The number of Topliss-reactive ketones (excluding diaryl/α,β-unsaturated/α-hetero) is 1. The lowest BCUT2D eigenvalue weighted by molar-refractivity contribution is 0.101. The lowest BCUT2D eigenvalue weighted by atomic mass is 9.90. The van der Waals surface area contributed by atoms with Gasteiger partial charge in [-0.25, -0.2) is 19.0 Å². The van der Waals surface area contributed by atoms with E-state index < -0.39 is 11.3 Å². The number of hydrogen-bond acceptors (Lipinski definition) is 11. The first kappa shape index (κ1) is 46.2. The van der Waals surface area contributed by atoms with Gasteiger partial charge >= 0.3 is 0 Å². The predicted octanol–water partition coefficient (Wildman–Crippen LogP) is 7.86. The van der Waals surface area contributed by atoms with Gasteiger partial charge in [-0.2, -0.15) is 10.2 Å². The molecule has 10 rings (SSSR count). The first-order chi connectivity index (χ1) is 32.1. The Hall–Kier alpha value is -5.87. The molecule has 17 heteroatoms. The minimum absolute atomic E-state index is 0.0245. The van der Waals surface area contributed by atoms with Crippen molar-refractivity contribution in [2.45, 2.75) is 91.9 Å². The van der Waals surface area contributed by atoms with Gasteiger partial charge in [0.15, 0.2) is 5.78 Å². The Morgan fingerprint density at radius 2 is 1.06 bits per heavy atom. The van der Waals surface area contributed by atoms with Gasteiger partial charge in [-0.05, 0) is 153 Å². The molecule has 348 valence electrons. The van der Waals surface area contributed by atoms with Crippen molar-refractivity contribution in [3.63, 3.8) is 0 Å². The van der Waals surface area contributed by atoms with Crippen molar-refractivity contribution < 1.29 is 4.79 Å². The minimum atomic E-state index is -0.460. The molecule has 0 saturated carbocycles. The van der Waals surface area contributed by atoms with E-state index in [9.17, 15) is 14.4 Å². The molecule has 0 spiro atoms. The Labute approximate surface area is 398 Å². The van der Waals surface area contributed by atoms with Gasteiger partial charge in [0.2, 0.25) is 0 Å². The van der Waals surface area contributed by atoms with Gasteiger partial charge in [-0.1, -0.05) is 37.6 Å². The molecule has 8 aromatic heterocycles. The molecule has 67 heavy (non-hydrogen) atoms. The van der Waals surface area contributed by atoms with Crippen LogP contribution in [0.1, 0.15) is 107 Å². The number of likely N-dealkylation sites (tertiary alicyclic amines) is 2. The van der Waals surface area contributed by atoms with Crippen molar-refractivity contribution in [1.82, 2.24) is 57.8 Å². The molecule has 0 amide bonds. The molecule has 8 aromatic rings. The van der Waals surface area contributed by atoms with Crippen molar-refractivity contribution in [3.05, 3.63) is 125 Å². The highest BCUT2D eigenvalue weighted by atomic mass is 35.5. The van der Waals surface area contributed by atoms with Gasteiger partial charge in [0.05, 0.1) is 52.1 Å². The van der Waals surface area contributed by atoms with E-state index in [1.807, 2.05) is 71.5 Å². The molecule has 0 aliphatic carbocycles. The van der Waals surface area contributed by atoms with Crippen LogP contribution >= 0.6 is 23.2 Å². The maximum atomic E-state index is 13.7. The van der Waals surface area contributed by atoms with Crippen molar-refractivity contribution in [2.75, 3.05) is 46.2 Å². The molecular formula is C50H56Cl2N12O3. The fourth-order valence-corrected chi connectivity index (χ4v) is 10.1. The predicted molar refractivity (Wildman–Crippen MR) is 264 cm³/mol. The number of alkyl halides is 1. The third-order valence-electron chi connectivity index (χ3n) is 13.4. The van der Waals surface area contributed by atoms with E-state index in [1.54, 1.807) is 13.4 Å². The zero-order valence-corrected chi connectivity index (χ0v) is 40.9. The molecule has 15 nitrogen and oxygen atoms in total. The number of carbonyl (C=O) groups excluding carboxylic acids is 1. The van der Waals surface area contributed by atoms with Crippen LogP contribution in [0.3, 0.4) is 0 Å². The highest BCUT2D eigenvalue weighted by molar-refractivity contribution is 6.33. The van der Waals surface area contributed by atoms with Crippen LogP contribution in [0.4, 0.5) is 0 Å². The molecule has 0 N–H and O–H groups in total. The summed E-state index contributed by atoms with van der Waals surface area (Å²) >= 11 is 12.5. The first-order valence-corrected chi connectivity index (χ1v) is 24.1. The number of aryl methyl sites for hydroxylation is 6. The SMILES string of the molecule is CCc1nc(C)cn2nc(-c3nc4c(C)cc(C5CCN(C)CC5)cn4c(=O)c3C(=O)CCl)cc12.CCc1nc(C)cn2nc(-c3nc4c(C)cc(C5CCN(C)CC5)cn4c(=O)c3Cl)cc12. The van der Waals surface area contributed by atoms with Crippen LogP contribution in [-0.2, 0) is 12.8 Å². The number of carbonyl (C=O) groups is 1. The maximum Gasteiger partial charge on any atom is 0.277 e. The highest BCUT2D eigenvalue weighted by Gasteiger charge is 2.27. The number of piperidine rings is 2. The number of hydrogen-bond donors (Lipinski definition) is 0. The van der Waals surface area contributed by atoms with E-state index in [0.717, 1.165) is 115 Å². The number of pyridine rings is 2. The van der Waals surface area contributed by atoms with Gasteiger partial charge in [-0.15, -0.1) is 11.6 Å². The lowest BCUT2D eigenvalue weighted by Gasteiger charge is -2.29. The fraction of sp³-hybridized carbons (Fsp3) is 0.420. The average Bonchev–Trinajstić information content (AvgIpc) is 3.95. The monoisotopic (exact) mass is 942 g/mol. The summed E-state index contributed by atoms with van der Waals surface area (Å²) in [6, 6.07) is 8.05. The summed E-state index contributed by atoms with van der Waals surface area (Å²) in [6.07, 6.45) is 13.2. The number of halogens is 2. The molecule has 2 saturated heterocycles. The fourth-order valence-electron chi connectivity index (χ4n) is 9.77. The largest absolute Gasteiger partial charge is 0.306 e. The molecule has 0 radical (unpaired) electrons. The molecule has 2 fully saturated rings. The van der Waals surface area contributed by atoms with E-state index in [4.69, 9.17) is 33.2 Å². The number of rotatable bonds is 8. The third-order valence-corrected chi connectivity index (χ3v) is 14.0. The molecule has 2 aliphatic heterocycles. The van der Waals surface area contributed by atoms with Crippen molar-refractivity contribution in [1.29, 1.82) is 0 Å². The molecule has 0 atom stereocenters. The topological polar surface area (TPSA) is 153 Å². The summed E-state index contributed by atoms with van der Waals surface area (Å²) in [5.41, 5.74) is 11.6. The molecule has 0 aromatic carbocycles. The van der Waals surface area contributed by atoms with E-state index in [0.29, 0.717) is 40.2 Å². The maximum absolute atomic E-state index is 13.7. The standard InChI is InChI=1S/C26H29ClN6O2.C24H27ClN6O/c1-5-19-21-11-20(30-33(21)13-16(3)28-19)24-23(22(34)12-27)26(35)32-14-18(10-15(2)25(32)29-24)17-6-8-31(4)9-7-17;1-5-18-20-11-19(28-31(20)12-15(3)26-18)22-21(25)24(32)30-13-17(10-14(2)23(30)27-22)16-6-8-29(4)9-7-16/h10-11,13-14,17H,5-9,12H2,1-4H3;10-13,16H,5-9H2,1-4H3. The summed E-state index contributed by atoms with van der Waals surface area (Å²) in [7, 11) is 4.28. The molecule has 0 unspecified atom stereocenters. The van der Waals surface area contributed by atoms with Gasteiger partial charge in [0.25, 0.3) is 11.1 Å². The smallest absolute Gasteiger partial charge is 0.277 e. The number of fused-ring (bicyclic) bond motifs is 4. The normalized spacial score (nSPS) is 15.6. The summed E-state index contributed by atoms with van der Waals surface area (Å²) in [6.45, 7) is 16.1. The third kappa shape index (κ3) is 8.78. The van der Waals surface area contributed by atoms with Crippen molar-refractivity contribution in [2.24, 2.45) is 0 Å². The van der Waals surface area contributed by atoms with Gasteiger partial charge in [0.1, 0.15) is 44.7 Å². The van der Waals surface area contributed by atoms with E-state index in [2.05, 4.69) is 63.1 Å². The summed E-state index contributed by atoms with van der Waals surface area (Å²) in [4.78, 5) is 63.5. The van der Waals surface area contributed by atoms with Crippen LogP contribution in [0.2, 0.25) is 5.02 Å².